The van der Waals surface area contributed by atoms with Gasteiger partial charge in [-0.25, -0.2) is 0 Å². The van der Waals surface area contributed by atoms with Crippen LogP contribution in [0.25, 0.3) is 0 Å². The summed E-state index contributed by atoms with van der Waals surface area (Å²) in [6, 6.07) is 10.4. The molecule has 0 bridgehead atoms. The minimum Gasteiger partial charge on any atom is -0.484 e. The maximum atomic E-state index is 13.4. The van der Waals surface area contributed by atoms with Crippen LogP contribution in [0.1, 0.15) is 56.6 Å². The highest BCUT2D eigenvalue weighted by atomic mass is 79.9. The van der Waals surface area contributed by atoms with Crippen LogP contribution in [0.2, 0.25) is 10.0 Å². The molecule has 1 saturated carbocycles. The highest BCUT2D eigenvalue weighted by Gasteiger charge is 2.30. The second-order valence-electron chi connectivity index (χ2n) is 8.74. The number of aryl methyl sites for hydroxylation is 1. The molecule has 0 radical (unpaired) electrons. The van der Waals surface area contributed by atoms with Crippen molar-refractivity contribution < 1.29 is 14.3 Å². The van der Waals surface area contributed by atoms with Crippen molar-refractivity contribution in [2.75, 3.05) is 6.61 Å². The summed E-state index contributed by atoms with van der Waals surface area (Å²) in [6.07, 6.45) is 5.90. The first-order chi connectivity index (χ1) is 16.3. The molecule has 2 aromatic rings. The third-order valence-electron chi connectivity index (χ3n) is 6.17. The summed E-state index contributed by atoms with van der Waals surface area (Å²) >= 11 is 15.7. The van der Waals surface area contributed by atoms with E-state index >= 15 is 0 Å². The van der Waals surface area contributed by atoms with Crippen LogP contribution in [0.4, 0.5) is 0 Å². The quantitative estimate of drug-likeness (QED) is 0.365. The summed E-state index contributed by atoms with van der Waals surface area (Å²) in [5, 5.41) is 4.03. The summed E-state index contributed by atoms with van der Waals surface area (Å²) in [4.78, 5) is 28.2. The summed E-state index contributed by atoms with van der Waals surface area (Å²) in [5.74, 6) is 0.211. The van der Waals surface area contributed by atoms with Gasteiger partial charge in [-0.1, -0.05) is 71.4 Å². The number of ether oxygens (including phenoxy) is 1. The first kappa shape index (κ1) is 26.8. The SMILES string of the molecule is CC[C@H](C(=O)NC1CCCCC1)N(Cc1ccc(Cl)c(Cl)c1)C(=O)COc1ccc(Br)c(C)c1. The molecule has 34 heavy (non-hydrogen) atoms. The van der Waals surface area contributed by atoms with Crippen molar-refractivity contribution in [3.8, 4) is 5.75 Å². The molecule has 5 nitrogen and oxygen atoms in total. The topological polar surface area (TPSA) is 58.6 Å². The molecule has 2 amide bonds. The zero-order valence-electron chi connectivity index (χ0n) is 19.6. The van der Waals surface area contributed by atoms with E-state index in [9.17, 15) is 9.59 Å². The smallest absolute Gasteiger partial charge is 0.261 e. The van der Waals surface area contributed by atoms with Crippen molar-refractivity contribution in [3.63, 3.8) is 0 Å². The fraction of sp³-hybridized carbons (Fsp3) is 0.462. The molecule has 0 spiro atoms. The normalized spacial score (nSPS) is 15.0. The van der Waals surface area contributed by atoms with Crippen LogP contribution in [-0.4, -0.2) is 35.4 Å². The van der Waals surface area contributed by atoms with Crippen LogP contribution in [-0.2, 0) is 16.1 Å². The Morgan fingerprint density at radius 1 is 1.12 bits per heavy atom. The zero-order chi connectivity index (χ0) is 24.7. The van der Waals surface area contributed by atoms with Crippen LogP contribution in [0.3, 0.4) is 0 Å². The lowest BCUT2D eigenvalue weighted by molar-refractivity contribution is -0.143. The van der Waals surface area contributed by atoms with Crippen LogP contribution in [0, 0.1) is 6.92 Å². The first-order valence-corrected chi connectivity index (χ1v) is 13.3. The molecule has 0 unspecified atom stereocenters. The average molecular weight is 570 g/mol. The Bertz CT molecular complexity index is 1010. The molecular formula is C26H31BrCl2N2O3. The van der Waals surface area contributed by atoms with Crippen LogP contribution < -0.4 is 10.1 Å². The van der Waals surface area contributed by atoms with Crippen molar-refractivity contribution in [2.45, 2.75) is 71.0 Å². The molecule has 8 heteroatoms. The highest BCUT2D eigenvalue weighted by Crippen LogP contribution is 2.25. The Morgan fingerprint density at radius 2 is 1.85 bits per heavy atom. The van der Waals surface area contributed by atoms with Crippen molar-refractivity contribution in [1.29, 1.82) is 0 Å². The average Bonchev–Trinajstić information content (AvgIpc) is 2.82. The second kappa shape index (κ2) is 12.8. The van der Waals surface area contributed by atoms with E-state index in [4.69, 9.17) is 27.9 Å². The molecular weight excluding hydrogens is 539 g/mol. The number of hydrogen-bond donors (Lipinski definition) is 1. The van der Waals surface area contributed by atoms with Gasteiger partial charge in [0.1, 0.15) is 11.8 Å². The van der Waals surface area contributed by atoms with Gasteiger partial charge in [0.25, 0.3) is 5.91 Å². The molecule has 1 aliphatic carbocycles. The number of amides is 2. The number of halogens is 3. The van der Waals surface area contributed by atoms with Gasteiger partial charge in [0.2, 0.25) is 5.91 Å². The van der Waals surface area contributed by atoms with E-state index in [1.54, 1.807) is 23.1 Å². The van der Waals surface area contributed by atoms with Gasteiger partial charge in [0.15, 0.2) is 6.61 Å². The number of hydrogen-bond acceptors (Lipinski definition) is 3. The molecule has 3 rings (SSSR count). The molecule has 0 saturated heterocycles. The summed E-state index contributed by atoms with van der Waals surface area (Å²) in [7, 11) is 0. The molecule has 1 N–H and O–H groups in total. The lowest BCUT2D eigenvalue weighted by Crippen LogP contribution is -2.52. The third kappa shape index (κ3) is 7.37. The van der Waals surface area contributed by atoms with Gasteiger partial charge in [-0.05, 0) is 67.6 Å². The lowest BCUT2D eigenvalue weighted by atomic mass is 9.95. The fourth-order valence-electron chi connectivity index (χ4n) is 4.23. The molecule has 1 atom stereocenters. The molecule has 0 aliphatic heterocycles. The zero-order valence-corrected chi connectivity index (χ0v) is 22.7. The Labute approximate surface area is 220 Å². The molecule has 1 fully saturated rings. The van der Waals surface area contributed by atoms with Gasteiger partial charge in [0.05, 0.1) is 10.0 Å². The Hall–Kier alpha value is -1.76. The summed E-state index contributed by atoms with van der Waals surface area (Å²) in [5.41, 5.74) is 1.81. The van der Waals surface area contributed by atoms with Crippen LogP contribution >= 0.6 is 39.1 Å². The third-order valence-corrected chi connectivity index (χ3v) is 7.79. The van der Waals surface area contributed by atoms with Gasteiger partial charge in [-0.3, -0.25) is 9.59 Å². The number of nitrogens with one attached hydrogen (secondary N) is 1. The minimum absolute atomic E-state index is 0.123. The van der Waals surface area contributed by atoms with E-state index in [0.29, 0.717) is 22.2 Å². The lowest BCUT2D eigenvalue weighted by Gasteiger charge is -2.32. The largest absolute Gasteiger partial charge is 0.484 e. The van der Waals surface area contributed by atoms with E-state index in [0.717, 1.165) is 41.3 Å². The maximum Gasteiger partial charge on any atom is 0.261 e. The molecule has 1 aliphatic rings. The van der Waals surface area contributed by atoms with Crippen molar-refractivity contribution >= 4 is 50.9 Å². The number of nitrogens with zero attached hydrogens (tertiary/aromatic N) is 1. The number of carbonyl (C=O) groups excluding carboxylic acids is 2. The van der Waals surface area contributed by atoms with Crippen molar-refractivity contribution in [1.82, 2.24) is 10.2 Å². The fourth-order valence-corrected chi connectivity index (χ4v) is 4.80. The van der Waals surface area contributed by atoms with E-state index in [2.05, 4.69) is 21.2 Å². The standard InChI is InChI=1S/C26H31BrCl2N2O3/c1-3-24(26(33)30-19-7-5-4-6-8-19)31(15-18-9-12-22(28)23(29)14-18)25(32)16-34-20-10-11-21(27)17(2)13-20/h9-14,19,24H,3-8,15-16H2,1-2H3,(H,30,33)/t24-/m1/s1. The second-order valence-corrected chi connectivity index (χ2v) is 10.4. The van der Waals surface area contributed by atoms with Gasteiger partial charge in [-0.2, -0.15) is 0 Å². The summed E-state index contributed by atoms with van der Waals surface area (Å²) in [6.45, 7) is 3.93. The van der Waals surface area contributed by atoms with Crippen LogP contribution in [0.5, 0.6) is 5.75 Å². The summed E-state index contributed by atoms with van der Waals surface area (Å²) < 4.78 is 6.77. The van der Waals surface area contributed by atoms with Crippen molar-refractivity contribution in [2.24, 2.45) is 0 Å². The van der Waals surface area contributed by atoms with Gasteiger partial charge < -0.3 is 15.0 Å². The molecule has 0 heterocycles. The monoisotopic (exact) mass is 568 g/mol. The van der Waals surface area contributed by atoms with E-state index in [1.807, 2.05) is 32.0 Å². The Morgan fingerprint density at radius 3 is 2.50 bits per heavy atom. The van der Waals surface area contributed by atoms with E-state index < -0.39 is 6.04 Å². The Kier molecular flexibility index (Phi) is 10.1. The van der Waals surface area contributed by atoms with Crippen LogP contribution in [0.15, 0.2) is 40.9 Å². The van der Waals surface area contributed by atoms with E-state index in [1.165, 1.54) is 6.42 Å². The van der Waals surface area contributed by atoms with Crippen molar-refractivity contribution in [3.05, 3.63) is 62.0 Å². The number of rotatable bonds is 9. The number of carbonyl (C=O) groups is 2. The van der Waals surface area contributed by atoms with Gasteiger partial charge in [-0.15, -0.1) is 0 Å². The van der Waals surface area contributed by atoms with Gasteiger partial charge >= 0.3 is 0 Å². The maximum absolute atomic E-state index is 13.4. The molecule has 184 valence electrons. The predicted molar refractivity (Wildman–Crippen MR) is 140 cm³/mol. The molecule has 0 aromatic heterocycles. The van der Waals surface area contributed by atoms with Gasteiger partial charge in [0, 0.05) is 17.1 Å². The first-order valence-electron chi connectivity index (χ1n) is 11.7. The highest BCUT2D eigenvalue weighted by molar-refractivity contribution is 9.10. The molecule has 2 aromatic carbocycles. The Balaban J connectivity index is 1.78. The predicted octanol–water partition coefficient (Wildman–Crippen LogP) is 6.70. The number of benzene rings is 2. The van der Waals surface area contributed by atoms with E-state index in [-0.39, 0.29) is 31.0 Å². The minimum atomic E-state index is -0.612.